The van der Waals surface area contributed by atoms with Crippen molar-refractivity contribution in [1.82, 2.24) is 0 Å². The van der Waals surface area contributed by atoms with Gasteiger partial charge in [0, 0.05) is 10.6 Å². The van der Waals surface area contributed by atoms with E-state index in [0.717, 1.165) is 5.56 Å². The first kappa shape index (κ1) is 23.4. The normalized spacial score (nSPS) is 12.6. The van der Waals surface area contributed by atoms with Crippen molar-refractivity contribution in [1.29, 1.82) is 0 Å². The monoisotopic (exact) mass is 503 g/mol. The van der Waals surface area contributed by atoms with Crippen LogP contribution in [0.2, 0.25) is 15.1 Å². The zero-order valence-corrected chi connectivity index (χ0v) is 20.0. The molecule has 3 aromatic rings. The second-order valence-electron chi connectivity index (χ2n) is 7.48. The number of anilines is 1. The fraction of sp³-hybridized carbons (Fsp3) is 0.200. The number of amides is 1. The predicted octanol–water partition coefficient (Wildman–Crippen LogP) is 6.49. The molecule has 1 amide bonds. The molecular formula is C25H20Cl3NO4. The van der Waals surface area contributed by atoms with Crippen molar-refractivity contribution in [3.63, 3.8) is 0 Å². The summed E-state index contributed by atoms with van der Waals surface area (Å²) < 4.78 is 11.0. The van der Waals surface area contributed by atoms with E-state index in [1.54, 1.807) is 48.2 Å². The van der Waals surface area contributed by atoms with Gasteiger partial charge in [-0.25, -0.2) is 0 Å². The molecular weight excluding hydrogens is 485 g/mol. The van der Waals surface area contributed by atoms with E-state index in [2.05, 4.69) is 0 Å². The molecule has 3 aromatic carbocycles. The van der Waals surface area contributed by atoms with Crippen LogP contribution in [0, 0.1) is 0 Å². The lowest BCUT2D eigenvalue weighted by atomic mass is 10.1. The SMILES string of the molecule is CCOC(=O)Cc1ccc(N2Cc3c(OCc4cccc(Cl)c4)ccc(Cl)c3C2=O)c(Cl)c1. The number of hydrogen-bond donors (Lipinski definition) is 0. The Morgan fingerprint density at radius 2 is 1.82 bits per heavy atom. The molecule has 4 rings (SSSR count). The third kappa shape index (κ3) is 5.11. The Kier molecular flexibility index (Phi) is 7.13. The highest BCUT2D eigenvalue weighted by Crippen LogP contribution is 2.40. The van der Waals surface area contributed by atoms with Gasteiger partial charge in [0.15, 0.2) is 0 Å². The fourth-order valence-corrected chi connectivity index (χ4v) is 4.50. The molecule has 0 N–H and O–H groups in total. The zero-order valence-electron chi connectivity index (χ0n) is 17.7. The molecule has 0 spiro atoms. The van der Waals surface area contributed by atoms with Crippen LogP contribution >= 0.6 is 34.8 Å². The number of fused-ring (bicyclic) bond motifs is 1. The third-order valence-corrected chi connectivity index (χ3v) is 6.09. The van der Waals surface area contributed by atoms with Crippen LogP contribution in [0.15, 0.2) is 54.6 Å². The van der Waals surface area contributed by atoms with Gasteiger partial charge in [-0.1, -0.05) is 53.0 Å². The number of hydrogen-bond acceptors (Lipinski definition) is 4. The summed E-state index contributed by atoms with van der Waals surface area (Å²) in [6.45, 7) is 2.62. The molecule has 0 radical (unpaired) electrons. The molecule has 0 bridgehead atoms. The smallest absolute Gasteiger partial charge is 0.310 e. The van der Waals surface area contributed by atoms with E-state index in [1.165, 1.54) is 0 Å². The molecule has 8 heteroatoms. The van der Waals surface area contributed by atoms with Crippen LogP contribution in [0.25, 0.3) is 0 Å². The second-order valence-corrected chi connectivity index (χ2v) is 8.73. The van der Waals surface area contributed by atoms with Crippen LogP contribution in [0.3, 0.4) is 0 Å². The summed E-state index contributed by atoms with van der Waals surface area (Å²) in [5, 5.41) is 1.33. The molecule has 0 aromatic heterocycles. The minimum Gasteiger partial charge on any atom is -0.489 e. The summed E-state index contributed by atoms with van der Waals surface area (Å²) in [4.78, 5) is 26.5. The average Bonchev–Trinajstić information content (AvgIpc) is 3.11. The van der Waals surface area contributed by atoms with Gasteiger partial charge in [0.25, 0.3) is 5.91 Å². The van der Waals surface area contributed by atoms with Crippen LogP contribution < -0.4 is 9.64 Å². The van der Waals surface area contributed by atoms with Crippen molar-refractivity contribution < 1.29 is 19.1 Å². The number of carbonyl (C=O) groups is 2. The Bertz CT molecular complexity index is 1230. The number of rotatable bonds is 7. The number of esters is 1. The maximum Gasteiger partial charge on any atom is 0.310 e. The van der Waals surface area contributed by atoms with E-state index in [0.29, 0.717) is 56.4 Å². The zero-order chi connectivity index (χ0) is 23.5. The first-order valence-electron chi connectivity index (χ1n) is 10.3. The number of ether oxygens (including phenoxy) is 2. The molecule has 0 atom stereocenters. The Labute approximate surface area is 206 Å². The molecule has 1 aliphatic rings. The first-order chi connectivity index (χ1) is 15.9. The van der Waals surface area contributed by atoms with E-state index in [9.17, 15) is 9.59 Å². The van der Waals surface area contributed by atoms with Gasteiger partial charge in [-0.3, -0.25) is 9.59 Å². The summed E-state index contributed by atoms with van der Waals surface area (Å²) in [5.74, 6) is -0.0252. The lowest BCUT2D eigenvalue weighted by Gasteiger charge is -2.18. The molecule has 0 fully saturated rings. The largest absolute Gasteiger partial charge is 0.489 e. The van der Waals surface area contributed by atoms with Gasteiger partial charge in [0.2, 0.25) is 0 Å². The number of nitrogens with zero attached hydrogens (tertiary/aromatic N) is 1. The van der Waals surface area contributed by atoms with Crippen molar-refractivity contribution in [3.05, 3.63) is 91.9 Å². The summed E-state index contributed by atoms with van der Waals surface area (Å²) in [5.41, 5.74) is 3.23. The molecule has 0 unspecified atom stereocenters. The fourth-order valence-electron chi connectivity index (χ4n) is 3.73. The minimum absolute atomic E-state index is 0.106. The molecule has 0 aliphatic carbocycles. The Hall–Kier alpha value is -2.73. The lowest BCUT2D eigenvalue weighted by molar-refractivity contribution is -0.142. The van der Waals surface area contributed by atoms with Gasteiger partial charge in [0.1, 0.15) is 12.4 Å². The molecule has 5 nitrogen and oxygen atoms in total. The van der Waals surface area contributed by atoms with Crippen molar-refractivity contribution in [2.45, 2.75) is 26.5 Å². The van der Waals surface area contributed by atoms with Crippen LogP contribution in [0.5, 0.6) is 5.75 Å². The maximum absolute atomic E-state index is 13.2. The molecule has 1 aliphatic heterocycles. The standard InChI is InChI=1S/C25H20Cl3NO4/c1-2-32-23(30)12-15-6-8-21(20(28)11-15)29-13-18-22(9-7-19(27)24(18)25(29)31)33-14-16-4-3-5-17(26)10-16/h3-11H,2,12-14H2,1H3. The number of benzene rings is 3. The highest BCUT2D eigenvalue weighted by molar-refractivity contribution is 6.37. The van der Waals surface area contributed by atoms with Gasteiger partial charge in [-0.05, 0) is 54.4 Å². The van der Waals surface area contributed by atoms with Gasteiger partial charge in [-0.2, -0.15) is 0 Å². The van der Waals surface area contributed by atoms with E-state index < -0.39 is 0 Å². The van der Waals surface area contributed by atoms with Crippen LogP contribution in [-0.2, 0) is 29.1 Å². The predicted molar refractivity (Wildman–Crippen MR) is 130 cm³/mol. The second kappa shape index (κ2) is 10.0. The van der Waals surface area contributed by atoms with Gasteiger partial charge in [0.05, 0.1) is 40.9 Å². The average molecular weight is 505 g/mol. The minimum atomic E-state index is -0.334. The first-order valence-corrected chi connectivity index (χ1v) is 11.4. The van der Waals surface area contributed by atoms with E-state index in [1.807, 2.05) is 18.2 Å². The molecule has 170 valence electrons. The summed E-state index contributed by atoms with van der Waals surface area (Å²) in [7, 11) is 0. The van der Waals surface area contributed by atoms with Crippen molar-refractivity contribution >= 4 is 52.4 Å². The quantitative estimate of drug-likeness (QED) is 0.345. The molecule has 0 saturated heterocycles. The van der Waals surface area contributed by atoms with Crippen molar-refractivity contribution in [2.75, 3.05) is 11.5 Å². The van der Waals surface area contributed by atoms with Crippen LogP contribution in [-0.4, -0.2) is 18.5 Å². The van der Waals surface area contributed by atoms with Crippen LogP contribution in [0.4, 0.5) is 5.69 Å². The van der Waals surface area contributed by atoms with Gasteiger partial charge in [-0.15, -0.1) is 0 Å². The van der Waals surface area contributed by atoms with Gasteiger partial charge < -0.3 is 14.4 Å². The molecule has 0 saturated carbocycles. The highest BCUT2D eigenvalue weighted by Gasteiger charge is 2.34. The van der Waals surface area contributed by atoms with Crippen molar-refractivity contribution in [3.8, 4) is 5.75 Å². The van der Waals surface area contributed by atoms with Crippen molar-refractivity contribution in [2.24, 2.45) is 0 Å². The van der Waals surface area contributed by atoms with E-state index in [-0.39, 0.29) is 24.8 Å². The third-order valence-electron chi connectivity index (χ3n) is 5.23. The van der Waals surface area contributed by atoms with Crippen LogP contribution in [0.1, 0.15) is 34.0 Å². The van der Waals surface area contributed by atoms with Gasteiger partial charge >= 0.3 is 5.97 Å². The maximum atomic E-state index is 13.2. The Morgan fingerprint density at radius 3 is 2.55 bits per heavy atom. The Balaban J connectivity index is 1.57. The van der Waals surface area contributed by atoms with E-state index in [4.69, 9.17) is 44.3 Å². The summed E-state index contributed by atoms with van der Waals surface area (Å²) in [6, 6.07) is 15.9. The number of carbonyl (C=O) groups excluding carboxylic acids is 2. The lowest BCUT2D eigenvalue weighted by Crippen LogP contribution is -2.23. The number of halogens is 3. The summed E-state index contributed by atoms with van der Waals surface area (Å²) >= 11 is 18.9. The topological polar surface area (TPSA) is 55.8 Å². The summed E-state index contributed by atoms with van der Waals surface area (Å²) in [6.07, 6.45) is 0.106. The molecule has 1 heterocycles. The molecule has 33 heavy (non-hydrogen) atoms. The Morgan fingerprint density at radius 1 is 1.00 bits per heavy atom. The highest BCUT2D eigenvalue weighted by atomic mass is 35.5. The van der Waals surface area contributed by atoms with E-state index >= 15 is 0 Å².